The molecule has 0 spiro atoms. The number of nitrogens with one attached hydrogen (secondary N) is 2. The first-order chi connectivity index (χ1) is 12.5. The fourth-order valence-electron chi connectivity index (χ4n) is 2.38. The van der Waals surface area contributed by atoms with Crippen LogP contribution in [0.15, 0.2) is 40.4 Å². The lowest BCUT2D eigenvalue weighted by Gasteiger charge is -2.08. The van der Waals surface area contributed by atoms with Gasteiger partial charge in [-0.3, -0.25) is 9.59 Å². The highest BCUT2D eigenvalue weighted by molar-refractivity contribution is 7.99. The summed E-state index contributed by atoms with van der Waals surface area (Å²) in [6.07, 6.45) is 1.48. The molecule has 3 aromatic rings. The Balaban J connectivity index is 1.91. The summed E-state index contributed by atoms with van der Waals surface area (Å²) in [5.41, 5.74) is 0.902. The van der Waals surface area contributed by atoms with Crippen LogP contribution in [0, 0.1) is 0 Å². The van der Waals surface area contributed by atoms with Crippen LogP contribution in [0.25, 0.3) is 16.7 Å². The molecule has 3 rings (SSSR count). The summed E-state index contributed by atoms with van der Waals surface area (Å²) < 4.78 is 6.74. The molecule has 2 aromatic heterocycles. The Kier molecular flexibility index (Phi) is 5.27. The van der Waals surface area contributed by atoms with E-state index < -0.39 is 0 Å². The van der Waals surface area contributed by atoms with Gasteiger partial charge in [0.1, 0.15) is 11.1 Å². The van der Waals surface area contributed by atoms with Crippen molar-refractivity contribution in [3.8, 4) is 11.4 Å². The number of rotatable bonds is 6. The van der Waals surface area contributed by atoms with Crippen LogP contribution >= 0.6 is 11.8 Å². The van der Waals surface area contributed by atoms with Crippen molar-refractivity contribution in [2.45, 2.75) is 25.0 Å². The van der Waals surface area contributed by atoms with E-state index in [1.807, 2.05) is 38.1 Å². The number of benzene rings is 1. The zero-order valence-electron chi connectivity index (χ0n) is 14.6. The predicted octanol–water partition coefficient (Wildman–Crippen LogP) is 1.73. The molecular formula is C17H19N5O3S. The summed E-state index contributed by atoms with van der Waals surface area (Å²) in [6, 6.07) is 7.34. The number of thioether (sulfide) groups is 1. The number of hydrogen-bond donors (Lipinski definition) is 2. The standard InChI is InChI=1S/C17H19N5O3S/c1-10(2)19-14(23)9-26-17-20-15-13(16(24)21-17)8-18-22(15)11-4-6-12(25-3)7-5-11/h4-8,10H,9H2,1-3H3,(H,19,23)(H,20,21,24). The van der Waals surface area contributed by atoms with Crippen molar-refractivity contribution in [1.82, 2.24) is 25.1 Å². The molecule has 26 heavy (non-hydrogen) atoms. The molecule has 2 heterocycles. The average molecular weight is 373 g/mol. The molecule has 0 radical (unpaired) electrons. The van der Waals surface area contributed by atoms with Crippen LogP contribution in [0.5, 0.6) is 5.75 Å². The van der Waals surface area contributed by atoms with Crippen LogP contribution in [-0.4, -0.2) is 44.6 Å². The normalized spacial score (nSPS) is 11.1. The number of ether oxygens (including phenoxy) is 1. The maximum absolute atomic E-state index is 12.3. The first-order valence-corrected chi connectivity index (χ1v) is 9.01. The Morgan fingerprint density at radius 3 is 2.73 bits per heavy atom. The molecule has 0 bridgehead atoms. The third-order valence-electron chi connectivity index (χ3n) is 3.52. The lowest BCUT2D eigenvalue weighted by molar-refractivity contribution is -0.119. The van der Waals surface area contributed by atoms with E-state index in [0.717, 1.165) is 11.4 Å². The van der Waals surface area contributed by atoms with Gasteiger partial charge < -0.3 is 15.0 Å². The molecule has 0 aliphatic rings. The van der Waals surface area contributed by atoms with Gasteiger partial charge in [-0.1, -0.05) is 11.8 Å². The lowest BCUT2D eigenvalue weighted by Crippen LogP contribution is -2.31. The van der Waals surface area contributed by atoms with Gasteiger partial charge >= 0.3 is 0 Å². The van der Waals surface area contributed by atoms with Gasteiger partial charge in [0, 0.05) is 6.04 Å². The first kappa shape index (κ1) is 18.0. The van der Waals surface area contributed by atoms with Crippen LogP contribution in [0.1, 0.15) is 13.8 Å². The van der Waals surface area contributed by atoms with Crippen LogP contribution < -0.4 is 15.6 Å². The number of carbonyl (C=O) groups is 1. The minimum Gasteiger partial charge on any atom is -0.497 e. The zero-order valence-corrected chi connectivity index (χ0v) is 15.5. The van der Waals surface area contributed by atoms with Crippen LogP contribution in [0.3, 0.4) is 0 Å². The van der Waals surface area contributed by atoms with E-state index in [1.165, 1.54) is 18.0 Å². The van der Waals surface area contributed by atoms with Gasteiger partial charge in [-0.15, -0.1) is 0 Å². The summed E-state index contributed by atoms with van der Waals surface area (Å²) in [5, 5.41) is 7.82. The summed E-state index contributed by atoms with van der Waals surface area (Å²) >= 11 is 1.17. The molecule has 0 saturated carbocycles. The molecule has 1 amide bonds. The smallest absolute Gasteiger partial charge is 0.262 e. The van der Waals surface area contributed by atoms with Crippen LogP contribution in [-0.2, 0) is 4.79 Å². The number of nitrogens with zero attached hydrogens (tertiary/aromatic N) is 3. The number of aromatic amines is 1. The van der Waals surface area contributed by atoms with E-state index in [-0.39, 0.29) is 23.3 Å². The average Bonchev–Trinajstić information content (AvgIpc) is 3.04. The summed E-state index contributed by atoms with van der Waals surface area (Å²) in [5.74, 6) is 0.781. The summed E-state index contributed by atoms with van der Waals surface area (Å²) in [4.78, 5) is 31.2. The van der Waals surface area contributed by atoms with Crippen molar-refractivity contribution in [2.24, 2.45) is 0 Å². The van der Waals surface area contributed by atoms with E-state index in [2.05, 4.69) is 20.4 Å². The van der Waals surface area contributed by atoms with E-state index in [9.17, 15) is 9.59 Å². The minimum atomic E-state index is -0.290. The molecule has 9 heteroatoms. The minimum absolute atomic E-state index is 0.0640. The Hall–Kier alpha value is -2.81. The van der Waals surface area contributed by atoms with Gasteiger partial charge in [-0.2, -0.15) is 5.10 Å². The van der Waals surface area contributed by atoms with Crippen molar-refractivity contribution in [3.05, 3.63) is 40.8 Å². The largest absolute Gasteiger partial charge is 0.497 e. The number of amides is 1. The fraction of sp³-hybridized carbons (Fsp3) is 0.294. The number of aromatic nitrogens is 4. The van der Waals surface area contributed by atoms with E-state index in [1.54, 1.807) is 11.8 Å². The number of hydrogen-bond acceptors (Lipinski definition) is 6. The van der Waals surface area contributed by atoms with E-state index in [4.69, 9.17) is 4.74 Å². The Bertz CT molecular complexity index is 978. The number of methoxy groups -OCH3 is 1. The summed E-state index contributed by atoms with van der Waals surface area (Å²) in [7, 11) is 1.60. The molecule has 8 nitrogen and oxygen atoms in total. The third-order valence-corrected chi connectivity index (χ3v) is 4.40. The topological polar surface area (TPSA) is 102 Å². The maximum atomic E-state index is 12.3. The Morgan fingerprint density at radius 1 is 1.35 bits per heavy atom. The zero-order chi connectivity index (χ0) is 18.7. The molecule has 0 aliphatic carbocycles. The second kappa shape index (κ2) is 7.61. The molecule has 0 saturated heterocycles. The van der Waals surface area contributed by atoms with Crippen molar-refractivity contribution in [2.75, 3.05) is 12.9 Å². The third kappa shape index (κ3) is 3.88. The van der Waals surface area contributed by atoms with Gasteiger partial charge in [-0.25, -0.2) is 9.67 Å². The Morgan fingerprint density at radius 2 is 2.08 bits per heavy atom. The number of H-pyrrole nitrogens is 1. The molecule has 0 fully saturated rings. The molecule has 2 N–H and O–H groups in total. The number of fused-ring (bicyclic) bond motifs is 1. The van der Waals surface area contributed by atoms with Crippen LogP contribution in [0.4, 0.5) is 0 Å². The fourth-order valence-corrected chi connectivity index (χ4v) is 3.04. The monoisotopic (exact) mass is 373 g/mol. The maximum Gasteiger partial charge on any atom is 0.262 e. The second-order valence-electron chi connectivity index (χ2n) is 5.87. The van der Waals surface area contributed by atoms with Crippen molar-refractivity contribution >= 4 is 28.7 Å². The predicted molar refractivity (Wildman–Crippen MR) is 100 cm³/mol. The quantitative estimate of drug-likeness (QED) is 0.504. The lowest BCUT2D eigenvalue weighted by atomic mass is 10.3. The second-order valence-corrected chi connectivity index (χ2v) is 6.84. The molecule has 136 valence electrons. The highest BCUT2D eigenvalue weighted by Gasteiger charge is 2.13. The van der Waals surface area contributed by atoms with Gasteiger partial charge in [0.2, 0.25) is 5.91 Å². The van der Waals surface area contributed by atoms with Gasteiger partial charge in [0.05, 0.1) is 24.7 Å². The van der Waals surface area contributed by atoms with Gasteiger partial charge in [0.15, 0.2) is 10.8 Å². The van der Waals surface area contributed by atoms with Crippen LogP contribution in [0.2, 0.25) is 0 Å². The van der Waals surface area contributed by atoms with Crippen molar-refractivity contribution < 1.29 is 9.53 Å². The molecular weight excluding hydrogens is 354 g/mol. The molecule has 0 unspecified atom stereocenters. The molecule has 0 aliphatic heterocycles. The SMILES string of the molecule is COc1ccc(-n2ncc3c(=O)[nH]c(SCC(=O)NC(C)C)nc32)cc1. The highest BCUT2D eigenvalue weighted by atomic mass is 32.2. The van der Waals surface area contributed by atoms with E-state index in [0.29, 0.717) is 16.2 Å². The summed E-state index contributed by atoms with van der Waals surface area (Å²) in [6.45, 7) is 3.78. The van der Waals surface area contributed by atoms with Crippen molar-refractivity contribution in [1.29, 1.82) is 0 Å². The number of carbonyl (C=O) groups excluding carboxylic acids is 1. The Labute approximate surface area is 154 Å². The van der Waals surface area contributed by atoms with Gasteiger partial charge in [-0.05, 0) is 38.1 Å². The molecule has 1 aromatic carbocycles. The van der Waals surface area contributed by atoms with Crippen molar-refractivity contribution in [3.63, 3.8) is 0 Å². The first-order valence-electron chi connectivity index (χ1n) is 8.02. The van der Waals surface area contributed by atoms with E-state index >= 15 is 0 Å². The molecule has 0 atom stereocenters. The van der Waals surface area contributed by atoms with Gasteiger partial charge in [0.25, 0.3) is 5.56 Å². The highest BCUT2D eigenvalue weighted by Crippen LogP contribution is 2.19.